The van der Waals surface area contributed by atoms with Gasteiger partial charge in [0.2, 0.25) is 5.91 Å². The zero-order valence-corrected chi connectivity index (χ0v) is 17.5. The summed E-state index contributed by atoms with van der Waals surface area (Å²) in [5.41, 5.74) is 0.735. The summed E-state index contributed by atoms with van der Waals surface area (Å²) in [4.78, 5) is 21.9. The van der Waals surface area contributed by atoms with Crippen LogP contribution >= 0.6 is 0 Å². The normalized spacial score (nSPS) is 25.9. The summed E-state index contributed by atoms with van der Waals surface area (Å²) in [7, 11) is 1.78. The molecule has 1 atom stereocenters. The molecule has 1 aliphatic carbocycles. The number of amides is 1. The Hall–Kier alpha value is -1.97. The second-order valence-electron chi connectivity index (χ2n) is 9.27. The average Bonchev–Trinajstić information content (AvgIpc) is 3.36. The number of rotatable bonds is 5. The number of piperidine rings is 1. The van der Waals surface area contributed by atoms with Gasteiger partial charge in [-0.05, 0) is 49.1 Å². The van der Waals surface area contributed by atoms with E-state index in [1.165, 1.54) is 5.56 Å². The van der Waals surface area contributed by atoms with Gasteiger partial charge in [-0.3, -0.25) is 14.7 Å². The molecule has 6 heteroatoms. The highest BCUT2D eigenvalue weighted by atomic mass is 16.5. The number of carbonyl (C=O) groups excluding carboxylic acids is 1. The van der Waals surface area contributed by atoms with Crippen LogP contribution in [0.3, 0.4) is 0 Å². The minimum absolute atomic E-state index is 0.0889. The van der Waals surface area contributed by atoms with Crippen molar-refractivity contribution in [1.29, 1.82) is 5.26 Å². The van der Waals surface area contributed by atoms with E-state index >= 15 is 0 Å². The highest BCUT2D eigenvalue weighted by Crippen LogP contribution is 2.46. The molecule has 2 aliphatic heterocycles. The lowest BCUT2D eigenvalue weighted by Crippen LogP contribution is -2.49. The summed E-state index contributed by atoms with van der Waals surface area (Å²) in [6, 6.07) is 6.90. The summed E-state index contributed by atoms with van der Waals surface area (Å²) in [6.45, 7) is 4.23. The highest BCUT2D eigenvalue weighted by molar-refractivity contribution is 5.86. The van der Waals surface area contributed by atoms with Crippen molar-refractivity contribution in [3.63, 3.8) is 0 Å². The Balaban J connectivity index is 1.41. The minimum Gasteiger partial charge on any atom is -0.383 e. The SMILES string of the molecule is COCC1CC2(CCN(C(=O)C3(C#N)CCCC3)CC2)CN1Cc1cccnc1. The van der Waals surface area contributed by atoms with Gasteiger partial charge in [0.25, 0.3) is 0 Å². The fourth-order valence-electron chi connectivity index (χ4n) is 5.72. The molecule has 6 nitrogen and oxygen atoms in total. The molecular weight excluding hydrogens is 364 g/mol. The second-order valence-corrected chi connectivity index (χ2v) is 9.27. The molecule has 29 heavy (non-hydrogen) atoms. The van der Waals surface area contributed by atoms with Crippen molar-refractivity contribution >= 4 is 5.91 Å². The number of aromatic nitrogens is 1. The van der Waals surface area contributed by atoms with Gasteiger partial charge >= 0.3 is 0 Å². The fraction of sp³-hybridized carbons (Fsp3) is 0.696. The van der Waals surface area contributed by atoms with Gasteiger partial charge in [-0.1, -0.05) is 18.9 Å². The number of hydrogen-bond acceptors (Lipinski definition) is 5. The lowest BCUT2D eigenvalue weighted by Gasteiger charge is -2.41. The van der Waals surface area contributed by atoms with Crippen LogP contribution in [0.2, 0.25) is 0 Å². The summed E-state index contributed by atoms with van der Waals surface area (Å²) in [6.07, 6.45) is 10.4. The van der Waals surface area contributed by atoms with Crippen LogP contribution in [-0.4, -0.2) is 60.1 Å². The number of ether oxygens (including phenoxy) is 1. The molecule has 3 fully saturated rings. The van der Waals surface area contributed by atoms with Crippen LogP contribution < -0.4 is 0 Å². The highest BCUT2D eigenvalue weighted by Gasteiger charge is 2.49. The third kappa shape index (κ3) is 4.04. The zero-order valence-electron chi connectivity index (χ0n) is 17.5. The number of hydrogen-bond donors (Lipinski definition) is 0. The van der Waals surface area contributed by atoms with Crippen molar-refractivity contribution in [2.45, 2.75) is 57.5 Å². The first-order valence-electron chi connectivity index (χ1n) is 10.9. The van der Waals surface area contributed by atoms with Crippen molar-refractivity contribution in [3.8, 4) is 6.07 Å². The first-order chi connectivity index (χ1) is 14.1. The molecule has 1 saturated carbocycles. The minimum atomic E-state index is -0.745. The lowest BCUT2D eigenvalue weighted by atomic mass is 9.75. The Kier molecular flexibility index (Phi) is 5.89. The van der Waals surface area contributed by atoms with Gasteiger partial charge in [-0.15, -0.1) is 0 Å². The van der Waals surface area contributed by atoms with E-state index in [9.17, 15) is 10.1 Å². The van der Waals surface area contributed by atoms with Gasteiger partial charge in [0.05, 0.1) is 12.7 Å². The number of methoxy groups -OCH3 is 1. The fourth-order valence-corrected chi connectivity index (χ4v) is 5.72. The Labute approximate surface area is 173 Å². The van der Waals surface area contributed by atoms with Gasteiger partial charge in [-0.25, -0.2) is 0 Å². The van der Waals surface area contributed by atoms with E-state index in [1.54, 1.807) is 7.11 Å². The van der Waals surface area contributed by atoms with Crippen LogP contribution in [0.1, 0.15) is 50.5 Å². The van der Waals surface area contributed by atoms with Gasteiger partial charge in [0.15, 0.2) is 0 Å². The van der Waals surface area contributed by atoms with Crippen LogP contribution in [0.4, 0.5) is 0 Å². The monoisotopic (exact) mass is 396 g/mol. The molecule has 1 unspecified atom stereocenters. The summed E-state index contributed by atoms with van der Waals surface area (Å²) >= 11 is 0. The first kappa shape index (κ1) is 20.3. The van der Waals surface area contributed by atoms with Crippen LogP contribution in [0.25, 0.3) is 0 Å². The van der Waals surface area contributed by atoms with E-state index < -0.39 is 5.41 Å². The molecule has 1 spiro atoms. The maximum absolute atomic E-state index is 13.1. The van der Waals surface area contributed by atoms with Gasteiger partial charge in [-0.2, -0.15) is 5.26 Å². The van der Waals surface area contributed by atoms with Crippen molar-refractivity contribution in [1.82, 2.24) is 14.8 Å². The van der Waals surface area contributed by atoms with Gasteiger partial charge in [0, 0.05) is 51.7 Å². The molecule has 4 rings (SSSR count). The van der Waals surface area contributed by atoms with Crippen LogP contribution in [0.5, 0.6) is 0 Å². The van der Waals surface area contributed by atoms with Crippen LogP contribution in [-0.2, 0) is 16.1 Å². The van der Waals surface area contributed by atoms with E-state index in [0.717, 1.165) is 77.7 Å². The van der Waals surface area contributed by atoms with E-state index in [2.05, 4.69) is 22.0 Å². The maximum Gasteiger partial charge on any atom is 0.243 e. The van der Waals surface area contributed by atoms with Gasteiger partial charge < -0.3 is 9.64 Å². The van der Waals surface area contributed by atoms with E-state index in [4.69, 9.17) is 4.74 Å². The van der Waals surface area contributed by atoms with Crippen LogP contribution in [0, 0.1) is 22.2 Å². The molecule has 156 valence electrons. The quantitative estimate of drug-likeness (QED) is 0.765. The molecule has 1 aromatic rings. The third-order valence-corrected chi connectivity index (χ3v) is 7.38. The second kappa shape index (κ2) is 8.41. The Morgan fingerprint density at radius 1 is 1.31 bits per heavy atom. The Bertz CT molecular complexity index is 746. The molecule has 0 N–H and O–H groups in total. The number of carbonyl (C=O) groups is 1. The standard InChI is InChI=1S/C23H32N4O2/c1-29-16-20-13-22(18-27(20)15-19-5-4-10-25-14-19)8-11-26(12-9-22)21(28)23(17-24)6-2-3-7-23/h4-5,10,14,20H,2-3,6-9,11-13,15-16,18H2,1H3. The number of likely N-dealkylation sites (tertiary alicyclic amines) is 2. The number of nitrogens with zero attached hydrogens (tertiary/aromatic N) is 4. The summed E-state index contributed by atoms with van der Waals surface area (Å²) in [5.74, 6) is 0.0889. The molecule has 3 aliphatic rings. The van der Waals surface area contributed by atoms with Crippen LogP contribution in [0.15, 0.2) is 24.5 Å². The molecule has 0 aromatic carbocycles. The largest absolute Gasteiger partial charge is 0.383 e. The molecule has 1 amide bonds. The van der Waals surface area contributed by atoms with Crippen molar-refractivity contribution < 1.29 is 9.53 Å². The Morgan fingerprint density at radius 2 is 2.07 bits per heavy atom. The number of pyridine rings is 1. The first-order valence-corrected chi connectivity index (χ1v) is 10.9. The third-order valence-electron chi connectivity index (χ3n) is 7.38. The molecule has 2 saturated heterocycles. The molecule has 1 aromatic heterocycles. The molecule has 0 radical (unpaired) electrons. The average molecular weight is 397 g/mol. The summed E-state index contributed by atoms with van der Waals surface area (Å²) < 4.78 is 5.52. The topological polar surface area (TPSA) is 69.5 Å². The molecule has 3 heterocycles. The van der Waals surface area contributed by atoms with Gasteiger partial charge in [0.1, 0.15) is 5.41 Å². The van der Waals surface area contributed by atoms with Crippen molar-refractivity contribution in [2.24, 2.45) is 10.8 Å². The molecular formula is C23H32N4O2. The van der Waals surface area contributed by atoms with E-state index in [-0.39, 0.29) is 11.3 Å². The molecule has 0 bridgehead atoms. The predicted octanol–water partition coefficient (Wildman–Crippen LogP) is 3.00. The van der Waals surface area contributed by atoms with Crippen molar-refractivity contribution in [3.05, 3.63) is 30.1 Å². The summed E-state index contributed by atoms with van der Waals surface area (Å²) in [5, 5.41) is 9.67. The maximum atomic E-state index is 13.1. The number of nitriles is 1. The van der Waals surface area contributed by atoms with Crippen molar-refractivity contribution in [2.75, 3.05) is 33.4 Å². The van der Waals surface area contributed by atoms with E-state index in [0.29, 0.717) is 6.04 Å². The lowest BCUT2D eigenvalue weighted by molar-refractivity contribution is -0.141. The smallest absolute Gasteiger partial charge is 0.243 e. The Morgan fingerprint density at radius 3 is 2.69 bits per heavy atom. The predicted molar refractivity (Wildman–Crippen MR) is 110 cm³/mol. The zero-order chi connectivity index (χ0) is 20.3. The van der Waals surface area contributed by atoms with E-state index in [1.807, 2.05) is 23.4 Å².